The van der Waals surface area contributed by atoms with E-state index in [1.165, 1.54) is 33.3 Å². The number of carbonyl (C=O) groups excluding carboxylic acids is 1. The molecule has 0 N–H and O–H groups in total. The fourth-order valence-corrected chi connectivity index (χ4v) is 2.64. The Morgan fingerprint density at radius 1 is 1.08 bits per heavy atom. The Hall–Kier alpha value is -3.29. The number of amides is 1. The lowest BCUT2D eigenvalue weighted by atomic mass is 10.1. The topological polar surface area (TPSA) is 82.5 Å². The molecule has 136 valence electrons. The summed E-state index contributed by atoms with van der Waals surface area (Å²) >= 11 is 0. The highest BCUT2D eigenvalue weighted by atomic mass is 16.5. The molecule has 26 heavy (non-hydrogen) atoms. The molecular weight excluding hydrogens is 338 g/mol. The van der Waals surface area contributed by atoms with Crippen molar-refractivity contribution in [3.8, 4) is 17.2 Å². The van der Waals surface area contributed by atoms with Crippen molar-refractivity contribution in [3.63, 3.8) is 0 Å². The van der Waals surface area contributed by atoms with Crippen LogP contribution in [0.2, 0.25) is 0 Å². The fraction of sp³-hybridized carbons (Fsp3) is 0.278. The molecule has 0 bridgehead atoms. The molecule has 1 aliphatic heterocycles. The lowest BCUT2D eigenvalue weighted by Crippen LogP contribution is -2.25. The van der Waals surface area contributed by atoms with Gasteiger partial charge >= 0.3 is 0 Å². The van der Waals surface area contributed by atoms with Gasteiger partial charge in [0.15, 0.2) is 11.5 Å². The average molecular weight is 357 g/mol. The van der Waals surface area contributed by atoms with Crippen molar-refractivity contribution >= 4 is 11.8 Å². The molecule has 1 aliphatic rings. The van der Waals surface area contributed by atoms with Gasteiger partial charge < -0.3 is 18.9 Å². The zero-order valence-corrected chi connectivity index (χ0v) is 14.9. The summed E-state index contributed by atoms with van der Waals surface area (Å²) in [5.74, 6) is 1.47. The van der Waals surface area contributed by atoms with Gasteiger partial charge in [-0.1, -0.05) is 0 Å². The van der Waals surface area contributed by atoms with Crippen molar-refractivity contribution in [3.05, 3.63) is 47.8 Å². The Labute approximate surface area is 150 Å². The highest BCUT2D eigenvalue weighted by Gasteiger charge is 2.34. The zero-order chi connectivity index (χ0) is 18.7. The molecule has 1 amide bonds. The van der Waals surface area contributed by atoms with Crippen LogP contribution in [0.25, 0.3) is 0 Å². The first-order valence-corrected chi connectivity index (χ1v) is 7.84. The SMILES string of the molecule is COc1cc([C@@H]2OC(c3ccncc3)=NN2C(C)=O)cc(OC)c1OC. The van der Waals surface area contributed by atoms with E-state index in [2.05, 4.69) is 10.1 Å². The van der Waals surface area contributed by atoms with E-state index < -0.39 is 6.23 Å². The van der Waals surface area contributed by atoms with Crippen molar-refractivity contribution in [1.82, 2.24) is 9.99 Å². The third kappa shape index (κ3) is 3.13. The van der Waals surface area contributed by atoms with E-state index in [9.17, 15) is 4.79 Å². The van der Waals surface area contributed by atoms with E-state index in [4.69, 9.17) is 18.9 Å². The molecule has 0 unspecified atom stereocenters. The van der Waals surface area contributed by atoms with E-state index in [0.717, 1.165) is 5.56 Å². The first-order chi connectivity index (χ1) is 12.6. The average Bonchev–Trinajstić information content (AvgIpc) is 3.13. The van der Waals surface area contributed by atoms with Crippen molar-refractivity contribution in [2.45, 2.75) is 13.2 Å². The molecule has 2 heterocycles. The smallest absolute Gasteiger partial charge is 0.243 e. The van der Waals surface area contributed by atoms with Crippen LogP contribution >= 0.6 is 0 Å². The molecular formula is C18H19N3O5. The van der Waals surface area contributed by atoms with Gasteiger partial charge in [0.1, 0.15) is 0 Å². The van der Waals surface area contributed by atoms with Gasteiger partial charge in [-0.25, -0.2) is 0 Å². The van der Waals surface area contributed by atoms with Gasteiger partial charge in [0, 0.05) is 30.4 Å². The van der Waals surface area contributed by atoms with Crippen LogP contribution in [0.3, 0.4) is 0 Å². The number of benzene rings is 1. The van der Waals surface area contributed by atoms with Crippen LogP contribution in [0.4, 0.5) is 0 Å². The molecule has 0 aliphatic carbocycles. The minimum Gasteiger partial charge on any atom is -0.493 e. The maximum absolute atomic E-state index is 12.1. The number of hydrogen-bond acceptors (Lipinski definition) is 7. The quantitative estimate of drug-likeness (QED) is 0.817. The molecule has 0 saturated carbocycles. The maximum Gasteiger partial charge on any atom is 0.243 e. The Kier molecular flexibility index (Phi) is 4.92. The van der Waals surface area contributed by atoms with Crippen molar-refractivity contribution < 1.29 is 23.7 Å². The lowest BCUT2D eigenvalue weighted by molar-refractivity contribution is -0.135. The van der Waals surface area contributed by atoms with E-state index in [0.29, 0.717) is 28.7 Å². The second-order valence-corrected chi connectivity index (χ2v) is 5.43. The predicted molar refractivity (Wildman–Crippen MR) is 93.2 cm³/mol. The Bertz CT molecular complexity index is 813. The van der Waals surface area contributed by atoms with Crippen LogP contribution in [0.15, 0.2) is 41.8 Å². The normalized spacial score (nSPS) is 15.9. The van der Waals surface area contributed by atoms with Crippen LogP contribution in [0.5, 0.6) is 17.2 Å². The van der Waals surface area contributed by atoms with Gasteiger partial charge in [0.05, 0.1) is 21.3 Å². The van der Waals surface area contributed by atoms with Crippen LogP contribution in [0.1, 0.15) is 24.3 Å². The van der Waals surface area contributed by atoms with E-state index in [1.807, 2.05) is 0 Å². The molecule has 0 saturated heterocycles. The summed E-state index contributed by atoms with van der Waals surface area (Å²) < 4.78 is 22.0. The summed E-state index contributed by atoms with van der Waals surface area (Å²) in [6.07, 6.45) is 2.52. The number of rotatable bonds is 5. The number of aromatic nitrogens is 1. The summed E-state index contributed by atoms with van der Waals surface area (Å²) in [7, 11) is 4.58. The molecule has 8 heteroatoms. The first-order valence-electron chi connectivity index (χ1n) is 7.84. The summed E-state index contributed by atoms with van der Waals surface area (Å²) in [4.78, 5) is 16.1. The van der Waals surface area contributed by atoms with Gasteiger partial charge in [-0.3, -0.25) is 9.78 Å². The Morgan fingerprint density at radius 2 is 1.69 bits per heavy atom. The minimum atomic E-state index is -0.746. The highest BCUT2D eigenvalue weighted by molar-refractivity contribution is 5.96. The molecule has 1 atom stereocenters. The molecule has 8 nitrogen and oxygen atoms in total. The van der Waals surface area contributed by atoms with Crippen LogP contribution in [-0.2, 0) is 9.53 Å². The molecule has 3 rings (SSSR count). The van der Waals surface area contributed by atoms with E-state index in [1.54, 1.807) is 36.7 Å². The Balaban J connectivity index is 2.02. The van der Waals surface area contributed by atoms with Crippen LogP contribution in [0, 0.1) is 0 Å². The van der Waals surface area contributed by atoms with Crippen LogP contribution < -0.4 is 14.2 Å². The van der Waals surface area contributed by atoms with Gasteiger partial charge in [0.2, 0.25) is 23.8 Å². The first kappa shape index (κ1) is 17.5. The molecule has 2 aromatic rings. The zero-order valence-electron chi connectivity index (χ0n) is 14.9. The Morgan fingerprint density at radius 3 is 2.19 bits per heavy atom. The van der Waals surface area contributed by atoms with Gasteiger partial charge in [-0.15, -0.1) is 5.10 Å². The van der Waals surface area contributed by atoms with Crippen molar-refractivity contribution in [2.75, 3.05) is 21.3 Å². The summed E-state index contributed by atoms with van der Waals surface area (Å²) in [6.45, 7) is 1.42. The van der Waals surface area contributed by atoms with Crippen molar-refractivity contribution in [1.29, 1.82) is 0 Å². The van der Waals surface area contributed by atoms with Gasteiger partial charge in [0.25, 0.3) is 0 Å². The number of methoxy groups -OCH3 is 3. The van der Waals surface area contributed by atoms with E-state index in [-0.39, 0.29) is 5.91 Å². The number of ether oxygens (including phenoxy) is 4. The molecule has 1 aromatic heterocycles. The molecule has 0 fully saturated rings. The largest absolute Gasteiger partial charge is 0.493 e. The fourth-order valence-electron chi connectivity index (χ4n) is 2.64. The highest BCUT2D eigenvalue weighted by Crippen LogP contribution is 2.42. The van der Waals surface area contributed by atoms with Gasteiger partial charge in [-0.2, -0.15) is 5.01 Å². The minimum absolute atomic E-state index is 0.257. The number of nitrogens with zero attached hydrogens (tertiary/aromatic N) is 3. The second-order valence-electron chi connectivity index (χ2n) is 5.43. The van der Waals surface area contributed by atoms with Crippen LogP contribution in [-0.4, -0.2) is 43.1 Å². The standard InChI is InChI=1S/C18H19N3O5/c1-11(22)21-18(26-17(20-21)12-5-7-19-8-6-12)13-9-14(23-2)16(25-4)15(10-13)24-3/h5-10,18H,1-4H3/t18-/m0/s1. The molecule has 0 radical (unpaired) electrons. The number of carbonyl (C=O) groups is 1. The summed E-state index contributed by atoms with van der Waals surface area (Å²) in [6, 6.07) is 6.98. The number of pyridine rings is 1. The monoisotopic (exact) mass is 357 g/mol. The number of hydrazone groups is 1. The third-order valence-corrected chi connectivity index (χ3v) is 3.87. The summed E-state index contributed by atoms with van der Waals surface area (Å²) in [5.41, 5.74) is 1.36. The van der Waals surface area contributed by atoms with Crippen molar-refractivity contribution in [2.24, 2.45) is 5.10 Å². The summed E-state index contributed by atoms with van der Waals surface area (Å²) in [5, 5.41) is 5.58. The van der Waals surface area contributed by atoms with E-state index >= 15 is 0 Å². The third-order valence-electron chi connectivity index (χ3n) is 3.87. The lowest BCUT2D eigenvalue weighted by Gasteiger charge is -2.21. The molecule has 1 aromatic carbocycles. The second kappa shape index (κ2) is 7.30. The predicted octanol–water partition coefficient (Wildman–Crippen LogP) is 2.35. The van der Waals surface area contributed by atoms with Gasteiger partial charge in [-0.05, 0) is 24.3 Å². The number of hydrogen-bond donors (Lipinski definition) is 0. The maximum atomic E-state index is 12.1. The molecule has 0 spiro atoms.